The van der Waals surface area contributed by atoms with E-state index in [2.05, 4.69) is 15.5 Å². The molecule has 1 aliphatic heterocycles. The van der Waals surface area contributed by atoms with Crippen LogP contribution in [-0.2, 0) is 31.3 Å². The van der Waals surface area contributed by atoms with Gasteiger partial charge in [0.1, 0.15) is 0 Å². The molecule has 12 nitrogen and oxygen atoms in total. The van der Waals surface area contributed by atoms with Crippen molar-refractivity contribution < 1.29 is 25.6 Å². The summed E-state index contributed by atoms with van der Waals surface area (Å²) in [4.78, 5) is -0.288. The van der Waals surface area contributed by atoms with Gasteiger partial charge in [-0.2, -0.15) is 13.7 Å². The molecule has 0 aliphatic carbocycles. The van der Waals surface area contributed by atoms with Crippen molar-refractivity contribution in [1.29, 1.82) is 5.26 Å². The molecule has 0 bridgehead atoms. The minimum atomic E-state index is -4.37. The molecule has 1 aromatic carbocycles. The van der Waals surface area contributed by atoms with Crippen LogP contribution in [0.15, 0.2) is 23.1 Å². The normalized spacial score (nSPS) is 19.8. The highest BCUT2D eigenvalue weighted by Gasteiger charge is 2.39. The van der Waals surface area contributed by atoms with Crippen LogP contribution in [0.2, 0.25) is 0 Å². The van der Waals surface area contributed by atoms with E-state index in [4.69, 9.17) is 9.81 Å². The zero-order chi connectivity index (χ0) is 24.5. The summed E-state index contributed by atoms with van der Waals surface area (Å²) in [6.45, 7) is 7.89. The molecular weight excluding hydrogens is 480 g/mol. The van der Waals surface area contributed by atoms with Crippen LogP contribution in [0.25, 0.3) is 0 Å². The van der Waals surface area contributed by atoms with Gasteiger partial charge < -0.3 is 10.7 Å². The van der Waals surface area contributed by atoms with Crippen LogP contribution in [0.4, 0.5) is 11.4 Å². The lowest BCUT2D eigenvalue weighted by Gasteiger charge is -2.46. The number of nitrogens with one attached hydrogen (secondary N) is 4. The predicted molar refractivity (Wildman–Crippen MR) is 121 cm³/mol. The number of hydrazine groups is 1. The minimum Gasteiger partial charge on any atom is -0.307 e. The Kier molecular flexibility index (Phi) is 7.62. The van der Waals surface area contributed by atoms with Crippen molar-refractivity contribution in [1.82, 2.24) is 14.5 Å². The number of anilines is 2. The van der Waals surface area contributed by atoms with Crippen molar-refractivity contribution in [3.63, 3.8) is 0 Å². The molecule has 1 heterocycles. The zero-order valence-corrected chi connectivity index (χ0v) is 20.8. The monoisotopic (exact) mass is 508 g/mol. The fraction of sp³-hybridized carbons (Fsp3) is 0.588. The van der Waals surface area contributed by atoms with Crippen molar-refractivity contribution in [3.05, 3.63) is 18.2 Å². The fourth-order valence-corrected chi connectivity index (χ4v) is 5.93. The van der Waals surface area contributed by atoms with Gasteiger partial charge in [0.15, 0.2) is 0 Å². The highest BCUT2D eigenvalue weighted by Crippen LogP contribution is 2.30. The van der Waals surface area contributed by atoms with Crippen LogP contribution >= 0.6 is 0 Å². The second kappa shape index (κ2) is 9.21. The first-order valence-corrected chi connectivity index (χ1v) is 13.5. The maximum Gasteiger partial charge on any atom is 0.326 e. The van der Waals surface area contributed by atoms with E-state index in [9.17, 15) is 21.0 Å². The zero-order valence-electron chi connectivity index (χ0n) is 18.3. The smallest absolute Gasteiger partial charge is 0.307 e. The lowest BCUT2D eigenvalue weighted by Crippen LogP contribution is -2.62. The summed E-state index contributed by atoms with van der Waals surface area (Å²) in [6.07, 6.45) is 1.04. The Morgan fingerprint density at radius 2 is 1.66 bits per heavy atom. The Labute approximate surface area is 191 Å². The molecule has 1 atom stereocenters. The molecule has 0 radical (unpaired) electrons. The van der Waals surface area contributed by atoms with Gasteiger partial charge in [0.25, 0.3) is 11.3 Å². The second-order valence-corrected chi connectivity index (χ2v) is 13.0. The quantitative estimate of drug-likeness (QED) is 0.147. The fourth-order valence-electron chi connectivity index (χ4n) is 3.97. The maximum absolute atomic E-state index is 13.2. The number of hydrogen-bond acceptors (Lipinski definition) is 8. The minimum absolute atomic E-state index is 0.0133. The summed E-state index contributed by atoms with van der Waals surface area (Å²) in [5.74, 6) is 0. The van der Waals surface area contributed by atoms with Gasteiger partial charge in [0.05, 0.1) is 16.3 Å². The number of hydrogen-bond donors (Lipinski definition) is 5. The first-order valence-electron chi connectivity index (χ1n) is 9.45. The van der Waals surface area contributed by atoms with Crippen LogP contribution in [0.3, 0.4) is 0 Å². The van der Waals surface area contributed by atoms with Crippen molar-refractivity contribution in [2.75, 3.05) is 17.2 Å². The lowest BCUT2D eigenvalue weighted by molar-refractivity contribution is 0.157. The highest BCUT2D eigenvalue weighted by atomic mass is 32.2. The van der Waals surface area contributed by atoms with Crippen LogP contribution in [0.1, 0.15) is 40.5 Å². The Hall–Kier alpha value is -1.80. The van der Waals surface area contributed by atoms with E-state index < -0.39 is 37.4 Å². The average Bonchev–Trinajstić information content (AvgIpc) is 2.57. The summed E-state index contributed by atoms with van der Waals surface area (Å²) in [7, 11) is -7.26. The molecule has 5 N–H and O–H groups in total. The van der Waals surface area contributed by atoms with Crippen LogP contribution < -0.4 is 20.2 Å². The van der Waals surface area contributed by atoms with E-state index in [1.807, 2.05) is 32.4 Å². The van der Waals surface area contributed by atoms with Crippen molar-refractivity contribution in [2.45, 2.75) is 62.6 Å². The molecule has 0 aromatic heterocycles. The van der Waals surface area contributed by atoms with Crippen LogP contribution in [0, 0.1) is 10.7 Å². The third-order valence-electron chi connectivity index (χ3n) is 4.62. The van der Waals surface area contributed by atoms with Crippen molar-refractivity contribution >= 4 is 42.7 Å². The number of piperidine rings is 1. The predicted octanol–water partition coefficient (Wildman–Crippen LogP) is 0.892. The summed E-state index contributed by atoms with van der Waals surface area (Å²) < 4.78 is 75.4. The molecule has 1 fully saturated rings. The SMILES string of the molecule is CN(Nc1cc(NS(=O)(=O)C#N)cc(S(=O)(=O)NC2CC(C)(C)NC(C)(C)C2)c1)S(=O)O. The van der Waals surface area contributed by atoms with Gasteiger partial charge in [-0.3, -0.25) is 9.27 Å². The first kappa shape index (κ1) is 26.5. The molecule has 1 unspecified atom stereocenters. The second-order valence-electron chi connectivity index (χ2n) is 8.90. The summed E-state index contributed by atoms with van der Waals surface area (Å²) >= 11 is -2.43. The third kappa shape index (κ3) is 7.37. The topological polar surface area (TPSA) is 181 Å². The average molecular weight is 509 g/mol. The lowest BCUT2D eigenvalue weighted by atomic mass is 9.80. The largest absolute Gasteiger partial charge is 0.326 e. The van der Waals surface area contributed by atoms with Crippen molar-refractivity contribution in [2.24, 2.45) is 0 Å². The summed E-state index contributed by atoms with van der Waals surface area (Å²) in [5.41, 5.74) is 1.66. The molecule has 0 spiro atoms. The first-order chi connectivity index (χ1) is 14.4. The Morgan fingerprint density at radius 3 is 2.16 bits per heavy atom. The number of nitrogens with zero attached hydrogens (tertiary/aromatic N) is 2. The molecule has 180 valence electrons. The Balaban J connectivity index is 2.44. The molecule has 1 saturated heterocycles. The van der Waals surface area contributed by atoms with E-state index in [1.54, 1.807) is 0 Å². The van der Waals surface area contributed by atoms with E-state index in [-0.39, 0.29) is 27.3 Å². The Bertz CT molecular complexity index is 1130. The van der Waals surface area contributed by atoms with Gasteiger partial charge in [-0.05, 0) is 58.7 Å². The molecule has 15 heteroatoms. The van der Waals surface area contributed by atoms with Gasteiger partial charge in [-0.1, -0.05) is 0 Å². The van der Waals surface area contributed by atoms with E-state index in [0.717, 1.165) is 15.9 Å². The van der Waals surface area contributed by atoms with E-state index >= 15 is 0 Å². The van der Waals surface area contributed by atoms with Gasteiger partial charge in [0.2, 0.25) is 15.4 Å². The molecule has 32 heavy (non-hydrogen) atoms. The van der Waals surface area contributed by atoms with Gasteiger partial charge in [-0.15, -0.1) is 4.41 Å². The molecular formula is C17H28N6O6S3. The van der Waals surface area contributed by atoms with Gasteiger partial charge in [0, 0.05) is 24.2 Å². The standard InChI is InChI=1S/C17H28N6O6S3/c1-16(2)9-14(10-17(3,4)22-16)21-32(28,29)15-7-12(19-23(5)30(24)25)6-13(8-15)20-31(26,27)11-18/h6-8,14,19-22H,9-10H2,1-5H3,(H,24,25). The molecule has 2 rings (SSSR count). The Morgan fingerprint density at radius 1 is 1.12 bits per heavy atom. The summed E-state index contributed by atoms with van der Waals surface area (Å²) in [6, 6.07) is 3.05. The number of thiocyanates is 1. The third-order valence-corrected chi connectivity index (χ3v) is 7.43. The van der Waals surface area contributed by atoms with Gasteiger partial charge >= 0.3 is 10.0 Å². The molecule has 1 aromatic rings. The van der Waals surface area contributed by atoms with Crippen LogP contribution in [-0.4, -0.2) is 54.2 Å². The molecule has 0 amide bonds. The van der Waals surface area contributed by atoms with Crippen LogP contribution in [0.5, 0.6) is 0 Å². The van der Waals surface area contributed by atoms with Gasteiger partial charge in [-0.25, -0.2) is 17.3 Å². The number of sulfonamides is 2. The summed E-state index contributed by atoms with van der Waals surface area (Å²) in [5, 5.41) is 13.3. The highest BCUT2D eigenvalue weighted by molar-refractivity contribution is 7.97. The number of nitriles is 1. The number of rotatable bonds is 8. The number of benzene rings is 1. The van der Waals surface area contributed by atoms with Crippen molar-refractivity contribution in [3.8, 4) is 5.40 Å². The molecule has 1 aliphatic rings. The van der Waals surface area contributed by atoms with E-state index in [0.29, 0.717) is 12.8 Å². The maximum atomic E-state index is 13.2. The molecule has 0 saturated carbocycles. The van der Waals surface area contributed by atoms with E-state index in [1.165, 1.54) is 19.2 Å².